The zero-order valence-corrected chi connectivity index (χ0v) is 9.20. The monoisotopic (exact) mass is 195 g/mol. The summed E-state index contributed by atoms with van der Waals surface area (Å²) in [7, 11) is 0. The van der Waals surface area contributed by atoms with Crippen molar-refractivity contribution in [3.63, 3.8) is 0 Å². The largest absolute Gasteiger partial charge is 0.369 e. The first-order chi connectivity index (χ1) is 6.61. The molecule has 2 heteroatoms. The minimum atomic E-state index is -0.0434. The number of rotatable bonds is 2. The van der Waals surface area contributed by atoms with Crippen molar-refractivity contribution in [1.29, 1.82) is 0 Å². The van der Waals surface area contributed by atoms with Gasteiger partial charge in [0.2, 0.25) is 5.91 Å². The Balaban J connectivity index is 2.22. The maximum atomic E-state index is 11.5. The van der Waals surface area contributed by atoms with E-state index in [2.05, 4.69) is 13.8 Å². The molecule has 0 saturated heterocycles. The Morgan fingerprint density at radius 2 is 1.64 bits per heavy atom. The smallest absolute Gasteiger partial charge is 0.221 e. The molecule has 3 saturated carbocycles. The highest BCUT2D eigenvalue weighted by atomic mass is 16.1. The van der Waals surface area contributed by atoms with Crippen molar-refractivity contribution in [1.82, 2.24) is 0 Å². The first-order valence-corrected chi connectivity index (χ1v) is 5.90. The summed E-state index contributed by atoms with van der Waals surface area (Å²) in [6, 6.07) is 0. The fourth-order valence-electron chi connectivity index (χ4n) is 3.88. The molecule has 0 aromatic carbocycles. The van der Waals surface area contributed by atoms with E-state index in [4.69, 9.17) is 5.73 Å². The minimum Gasteiger partial charge on any atom is -0.369 e. The Hall–Kier alpha value is -0.530. The van der Waals surface area contributed by atoms with E-state index in [-0.39, 0.29) is 11.8 Å². The molecular weight excluding hydrogens is 174 g/mol. The number of carbonyl (C=O) groups excluding carboxylic acids is 1. The molecule has 2 nitrogen and oxygen atoms in total. The molecule has 2 N–H and O–H groups in total. The van der Waals surface area contributed by atoms with Crippen molar-refractivity contribution in [2.24, 2.45) is 35.3 Å². The van der Waals surface area contributed by atoms with Gasteiger partial charge in [-0.3, -0.25) is 4.79 Å². The van der Waals surface area contributed by atoms with Gasteiger partial charge in [0, 0.05) is 5.92 Å². The highest BCUT2D eigenvalue weighted by molar-refractivity contribution is 5.77. The number of fused-ring (bicyclic) bond motifs is 3. The lowest BCUT2D eigenvalue weighted by Gasteiger charge is -2.49. The van der Waals surface area contributed by atoms with Gasteiger partial charge in [-0.2, -0.15) is 0 Å². The lowest BCUT2D eigenvalue weighted by molar-refractivity contribution is -0.133. The van der Waals surface area contributed by atoms with Crippen molar-refractivity contribution in [2.75, 3.05) is 0 Å². The van der Waals surface area contributed by atoms with Crippen LogP contribution in [0.2, 0.25) is 0 Å². The molecular formula is C12H21NO. The van der Waals surface area contributed by atoms with Gasteiger partial charge in [-0.25, -0.2) is 0 Å². The van der Waals surface area contributed by atoms with Gasteiger partial charge in [-0.1, -0.05) is 13.8 Å². The molecule has 3 rings (SSSR count). The van der Waals surface area contributed by atoms with Crippen molar-refractivity contribution >= 4 is 5.91 Å². The van der Waals surface area contributed by atoms with Crippen LogP contribution in [0.1, 0.15) is 39.5 Å². The molecule has 0 aromatic rings. The number of nitrogens with two attached hydrogens (primary N) is 1. The van der Waals surface area contributed by atoms with Crippen LogP contribution in [-0.2, 0) is 4.79 Å². The number of carbonyl (C=O) groups is 1. The first kappa shape index (κ1) is 10.0. The fourth-order valence-corrected chi connectivity index (χ4v) is 3.88. The minimum absolute atomic E-state index is 0.0434. The third-order valence-electron chi connectivity index (χ3n) is 4.38. The second-order valence-electron chi connectivity index (χ2n) is 5.42. The van der Waals surface area contributed by atoms with Crippen LogP contribution in [0.25, 0.3) is 0 Å². The Labute approximate surface area is 86.2 Å². The fraction of sp³-hybridized carbons (Fsp3) is 0.917. The normalized spacial score (nSPS) is 41.6. The van der Waals surface area contributed by atoms with E-state index in [1.54, 1.807) is 0 Å². The van der Waals surface area contributed by atoms with E-state index in [1.807, 2.05) is 0 Å². The summed E-state index contributed by atoms with van der Waals surface area (Å²) in [4.78, 5) is 11.5. The summed E-state index contributed by atoms with van der Waals surface area (Å²) >= 11 is 0. The number of amides is 1. The van der Waals surface area contributed by atoms with Gasteiger partial charge in [0.25, 0.3) is 0 Å². The molecule has 80 valence electrons. The Bertz CT molecular complexity index is 228. The lowest BCUT2D eigenvalue weighted by Crippen LogP contribution is -2.48. The van der Waals surface area contributed by atoms with Crippen LogP contribution in [0.15, 0.2) is 0 Å². The molecule has 3 aliphatic rings. The van der Waals surface area contributed by atoms with E-state index >= 15 is 0 Å². The molecule has 0 spiro atoms. The highest BCUT2D eigenvalue weighted by Crippen LogP contribution is 2.51. The molecule has 0 radical (unpaired) electrons. The van der Waals surface area contributed by atoms with Crippen LogP contribution in [-0.4, -0.2) is 5.91 Å². The quantitative estimate of drug-likeness (QED) is 0.721. The zero-order chi connectivity index (χ0) is 10.3. The summed E-state index contributed by atoms with van der Waals surface area (Å²) in [5.41, 5.74) is 5.54. The SMILES string of the molecule is CC(C)[C@@H]1C2CCC(CC2)[C@H]1C(N)=O. The van der Waals surface area contributed by atoms with Gasteiger partial charge in [0.05, 0.1) is 0 Å². The van der Waals surface area contributed by atoms with Crippen molar-refractivity contribution in [3.05, 3.63) is 0 Å². The topological polar surface area (TPSA) is 43.1 Å². The molecule has 0 heterocycles. The molecule has 0 aliphatic heterocycles. The predicted molar refractivity (Wildman–Crippen MR) is 56.5 cm³/mol. The van der Waals surface area contributed by atoms with E-state index in [0.29, 0.717) is 17.8 Å². The number of primary amides is 1. The summed E-state index contributed by atoms with van der Waals surface area (Å²) in [6.07, 6.45) is 5.14. The van der Waals surface area contributed by atoms with Gasteiger partial charge < -0.3 is 5.73 Å². The van der Waals surface area contributed by atoms with Gasteiger partial charge in [0.15, 0.2) is 0 Å². The van der Waals surface area contributed by atoms with Gasteiger partial charge in [-0.05, 0) is 49.4 Å². The van der Waals surface area contributed by atoms with Crippen LogP contribution in [0.3, 0.4) is 0 Å². The Morgan fingerprint density at radius 1 is 1.14 bits per heavy atom. The molecule has 3 aliphatic carbocycles. The predicted octanol–water partition coefficient (Wildman–Crippen LogP) is 2.18. The van der Waals surface area contributed by atoms with Crippen LogP contribution in [0, 0.1) is 29.6 Å². The second-order valence-corrected chi connectivity index (χ2v) is 5.42. The average molecular weight is 195 g/mol. The standard InChI is InChI=1S/C12H21NO/c1-7(2)10-8-3-5-9(6-4-8)11(10)12(13)14/h7-11H,3-6H2,1-2H3,(H2,13,14)/t8?,9?,10-,11-/m1/s1. The summed E-state index contributed by atoms with van der Waals surface area (Å²) in [6.45, 7) is 4.47. The maximum absolute atomic E-state index is 11.5. The zero-order valence-electron chi connectivity index (χ0n) is 9.20. The number of hydrogen-bond acceptors (Lipinski definition) is 1. The van der Waals surface area contributed by atoms with Gasteiger partial charge in [-0.15, -0.1) is 0 Å². The molecule has 2 bridgehead atoms. The van der Waals surface area contributed by atoms with Gasteiger partial charge in [0.1, 0.15) is 0 Å². The molecule has 3 fully saturated rings. The molecule has 0 unspecified atom stereocenters. The van der Waals surface area contributed by atoms with Crippen LogP contribution < -0.4 is 5.73 Å². The van der Waals surface area contributed by atoms with Crippen LogP contribution in [0.5, 0.6) is 0 Å². The first-order valence-electron chi connectivity index (χ1n) is 5.90. The molecule has 0 aromatic heterocycles. The summed E-state index contributed by atoms with van der Waals surface area (Å²) in [5, 5.41) is 0. The van der Waals surface area contributed by atoms with Crippen LogP contribution in [0.4, 0.5) is 0 Å². The van der Waals surface area contributed by atoms with E-state index < -0.39 is 0 Å². The van der Waals surface area contributed by atoms with E-state index in [9.17, 15) is 4.79 Å². The highest BCUT2D eigenvalue weighted by Gasteiger charge is 2.47. The summed E-state index contributed by atoms with van der Waals surface area (Å²) in [5.74, 6) is 2.70. The second kappa shape index (κ2) is 3.56. The van der Waals surface area contributed by atoms with E-state index in [0.717, 1.165) is 5.92 Å². The third kappa shape index (κ3) is 1.45. The Kier molecular flexibility index (Phi) is 2.54. The lowest BCUT2D eigenvalue weighted by atomic mass is 9.55. The van der Waals surface area contributed by atoms with Crippen molar-refractivity contribution in [2.45, 2.75) is 39.5 Å². The molecule has 2 atom stereocenters. The molecule has 1 amide bonds. The van der Waals surface area contributed by atoms with Gasteiger partial charge >= 0.3 is 0 Å². The average Bonchev–Trinajstić information content (AvgIpc) is 2.17. The van der Waals surface area contributed by atoms with Crippen molar-refractivity contribution in [3.8, 4) is 0 Å². The Morgan fingerprint density at radius 3 is 2.00 bits per heavy atom. The van der Waals surface area contributed by atoms with Crippen molar-refractivity contribution < 1.29 is 4.79 Å². The van der Waals surface area contributed by atoms with E-state index in [1.165, 1.54) is 25.7 Å². The third-order valence-corrected chi connectivity index (χ3v) is 4.38. The molecule has 14 heavy (non-hydrogen) atoms. The maximum Gasteiger partial charge on any atom is 0.221 e. The number of hydrogen-bond donors (Lipinski definition) is 1. The summed E-state index contributed by atoms with van der Waals surface area (Å²) < 4.78 is 0. The van der Waals surface area contributed by atoms with Crippen LogP contribution >= 0.6 is 0 Å².